The van der Waals surface area contributed by atoms with Gasteiger partial charge < -0.3 is 0 Å². The largest absolute Gasteiger partial charge is 0.254 e. The van der Waals surface area contributed by atoms with Gasteiger partial charge in [-0.05, 0) is 74.0 Å². The fourth-order valence-electron chi connectivity index (χ4n) is 5.77. The van der Waals surface area contributed by atoms with Gasteiger partial charge in [-0.1, -0.05) is 45.4 Å². The van der Waals surface area contributed by atoms with Crippen molar-refractivity contribution in [1.29, 1.82) is 0 Å². The molecular weight excluding hydrogens is 395 g/mol. The van der Waals surface area contributed by atoms with Gasteiger partial charge in [0, 0.05) is 12.3 Å². The molecule has 0 N–H and O–H groups in total. The van der Waals surface area contributed by atoms with Crippen LogP contribution in [0.25, 0.3) is 0 Å². The fourth-order valence-corrected chi connectivity index (χ4v) is 5.77. The lowest BCUT2D eigenvalue weighted by molar-refractivity contribution is -0.0777. The van der Waals surface area contributed by atoms with Crippen molar-refractivity contribution in [2.75, 3.05) is 0 Å². The Hall–Kier alpha value is -1.13. The van der Waals surface area contributed by atoms with Crippen molar-refractivity contribution < 1.29 is 22.0 Å². The molecule has 30 heavy (non-hydrogen) atoms. The maximum Gasteiger partial charge on any atom is 0.254 e. The van der Waals surface area contributed by atoms with Crippen LogP contribution in [0.3, 0.4) is 0 Å². The van der Waals surface area contributed by atoms with Gasteiger partial charge in [0.15, 0.2) is 17.5 Å². The van der Waals surface area contributed by atoms with Gasteiger partial charge in [0.05, 0.1) is 0 Å². The van der Waals surface area contributed by atoms with Crippen LogP contribution in [0.2, 0.25) is 0 Å². The minimum absolute atomic E-state index is 0.181. The third-order valence-corrected chi connectivity index (χ3v) is 7.63. The molecule has 0 nitrogen and oxygen atoms in total. The second-order valence-corrected chi connectivity index (χ2v) is 9.70. The van der Waals surface area contributed by atoms with E-state index in [4.69, 9.17) is 0 Å². The average molecular weight is 431 g/mol. The van der Waals surface area contributed by atoms with Crippen molar-refractivity contribution in [3.63, 3.8) is 0 Å². The van der Waals surface area contributed by atoms with Gasteiger partial charge >= 0.3 is 0 Å². The average Bonchev–Trinajstić information content (AvgIpc) is 2.72. The standard InChI is InChI=1S/C25H35F5/c1-2-3-4-5-17-6-8-19(9-7-17)20-10-12-21(13-11-20)25(29,30)16-18-14-22(26)24(28)23(27)15-18/h14-15,17,19-21H,2-13,16H2,1H3. The van der Waals surface area contributed by atoms with Gasteiger partial charge in [-0.25, -0.2) is 22.0 Å². The van der Waals surface area contributed by atoms with Crippen LogP contribution in [-0.2, 0) is 6.42 Å². The quantitative estimate of drug-likeness (QED) is 0.220. The van der Waals surface area contributed by atoms with E-state index in [0.717, 1.165) is 18.8 Å². The van der Waals surface area contributed by atoms with Crippen LogP contribution >= 0.6 is 0 Å². The van der Waals surface area contributed by atoms with Gasteiger partial charge in [0.1, 0.15) is 0 Å². The lowest BCUT2D eigenvalue weighted by atomic mass is 9.67. The van der Waals surface area contributed by atoms with E-state index >= 15 is 0 Å². The zero-order valence-electron chi connectivity index (χ0n) is 18.0. The molecule has 2 aliphatic carbocycles. The Kier molecular flexibility index (Phi) is 8.20. The first-order valence-corrected chi connectivity index (χ1v) is 11.8. The molecule has 170 valence electrons. The normalized spacial score (nSPS) is 27.9. The molecule has 0 aliphatic heterocycles. The van der Waals surface area contributed by atoms with Gasteiger partial charge in [-0.15, -0.1) is 0 Å². The van der Waals surface area contributed by atoms with Crippen LogP contribution in [0.15, 0.2) is 12.1 Å². The lowest BCUT2D eigenvalue weighted by Gasteiger charge is -2.39. The summed E-state index contributed by atoms with van der Waals surface area (Å²) in [4.78, 5) is 0. The third-order valence-electron chi connectivity index (χ3n) is 7.63. The first kappa shape index (κ1) is 23.5. The first-order valence-electron chi connectivity index (χ1n) is 11.8. The highest BCUT2D eigenvalue weighted by Gasteiger charge is 2.43. The molecule has 0 unspecified atom stereocenters. The molecular formula is C25H35F5. The van der Waals surface area contributed by atoms with Crippen LogP contribution in [0, 0.1) is 41.1 Å². The molecule has 5 heteroatoms. The summed E-state index contributed by atoms with van der Waals surface area (Å²) >= 11 is 0. The van der Waals surface area contributed by atoms with Crippen molar-refractivity contribution in [2.45, 2.75) is 96.3 Å². The minimum Gasteiger partial charge on any atom is -0.206 e. The Morgan fingerprint density at radius 2 is 1.33 bits per heavy atom. The van der Waals surface area contributed by atoms with Crippen LogP contribution < -0.4 is 0 Å². The topological polar surface area (TPSA) is 0 Å². The van der Waals surface area contributed by atoms with Crippen LogP contribution in [0.4, 0.5) is 22.0 Å². The van der Waals surface area contributed by atoms with Crippen LogP contribution in [0.5, 0.6) is 0 Å². The van der Waals surface area contributed by atoms with E-state index < -0.39 is 35.7 Å². The SMILES string of the molecule is CCCCCC1CCC(C2CCC(C(F)(F)Cc3cc(F)c(F)c(F)c3)CC2)CC1. The van der Waals surface area contributed by atoms with Crippen LogP contribution in [-0.4, -0.2) is 5.92 Å². The molecule has 0 aromatic heterocycles. The summed E-state index contributed by atoms with van der Waals surface area (Å²) in [5.74, 6) is -6.16. The summed E-state index contributed by atoms with van der Waals surface area (Å²) in [7, 11) is 0. The highest BCUT2D eigenvalue weighted by molar-refractivity contribution is 5.21. The van der Waals surface area contributed by atoms with E-state index in [1.165, 1.54) is 51.4 Å². The molecule has 3 rings (SSSR count). The third kappa shape index (κ3) is 5.97. The Morgan fingerprint density at radius 3 is 1.87 bits per heavy atom. The van der Waals surface area contributed by atoms with Gasteiger partial charge in [0.2, 0.25) is 0 Å². The summed E-state index contributed by atoms with van der Waals surface area (Å²) in [6, 6.07) is 1.38. The van der Waals surface area contributed by atoms with Crippen molar-refractivity contribution in [1.82, 2.24) is 0 Å². The number of halogens is 5. The highest BCUT2D eigenvalue weighted by Crippen LogP contribution is 2.46. The summed E-state index contributed by atoms with van der Waals surface area (Å²) < 4.78 is 69.4. The molecule has 2 aliphatic rings. The van der Waals surface area contributed by atoms with Gasteiger partial charge in [-0.2, -0.15) is 0 Å². The van der Waals surface area contributed by atoms with E-state index in [2.05, 4.69) is 6.92 Å². The van der Waals surface area contributed by atoms with E-state index in [0.29, 0.717) is 36.8 Å². The Labute approximate surface area is 177 Å². The van der Waals surface area contributed by atoms with Gasteiger partial charge in [-0.3, -0.25) is 0 Å². The molecule has 0 amide bonds. The molecule has 1 aromatic carbocycles. The molecule has 2 saturated carbocycles. The summed E-state index contributed by atoms with van der Waals surface area (Å²) in [5, 5.41) is 0. The van der Waals surface area contributed by atoms with Crippen molar-refractivity contribution >= 4 is 0 Å². The van der Waals surface area contributed by atoms with E-state index in [1.807, 2.05) is 0 Å². The Balaban J connectivity index is 1.47. The number of alkyl halides is 2. The van der Waals surface area contributed by atoms with Crippen molar-refractivity contribution in [2.24, 2.45) is 23.7 Å². The number of unbranched alkanes of at least 4 members (excludes halogenated alkanes) is 2. The summed E-state index contributed by atoms with van der Waals surface area (Å²) in [6.07, 6.45) is 12.1. The Morgan fingerprint density at radius 1 is 0.800 bits per heavy atom. The zero-order valence-corrected chi connectivity index (χ0v) is 18.0. The van der Waals surface area contributed by atoms with Gasteiger partial charge in [0.25, 0.3) is 5.92 Å². The first-order chi connectivity index (χ1) is 14.3. The second kappa shape index (κ2) is 10.5. The molecule has 0 bridgehead atoms. The van der Waals surface area contributed by atoms with E-state index in [1.54, 1.807) is 0 Å². The highest BCUT2D eigenvalue weighted by atomic mass is 19.3. The molecule has 0 saturated heterocycles. The van der Waals surface area contributed by atoms with Crippen LogP contribution in [0.1, 0.15) is 89.5 Å². The predicted octanol–water partition coefficient (Wildman–Crippen LogP) is 8.47. The lowest BCUT2D eigenvalue weighted by Crippen LogP contribution is -2.35. The van der Waals surface area contributed by atoms with Crippen molar-refractivity contribution in [3.8, 4) is 0 Å². The van der Waals surface area contributed by atoms with E-state index in [-0.39, 0.29) is 5.56 Å². The second-order valence-electron chi connectivity index (χ2n) is 9.70. The molecule has 0 heterocycles. The molecule has 0 radical (unpaired) electrons. The van der Waals surface area contributed by atoms with E-state index in [9.17, 15) is 22.0 Å². The summed E-state index contributed by atoms with van der Waals surface area (Å²) in [6.45, 7) is 2.23. The number of rotatable bonds is 8. The summed E-state index contributed by atoms with van der Waals surface area (Å²) in [5.41, 5.74) is -0.181. The maximum absolute atomic E-state index is 14.8. The predicted molar refractivity (Wildman–Crippen MR) is 110 cm³/mol. The minimum atomic E-state index is -3.03. The number of benzene rings is 1. The molecule has 1 aromatic rings. The molecule has 0 atom stereocenters. The Bertz CT molecular complexity index is 647. The number of hydrogen-bond acceptors (Lipinski definition) is 0. The fraction of sp³-hybridized carbons (Fsp3) is 0.760. The van der Waals surface area contributed by atoms with Crippen molar-refractivity contribution in [3.05, 3.63) is 35.1 Å². The number of hydrogen-bond donors (Lipinski definition) is 0. The smallest absolute Gasteiger partial charge is 0.206 e. The molecule has 0 spiro atoms. The zero-order chi connectivity index (χ0) is 21.7. The monoisotopic (exact) mass is 430 g/mol. The molecule has 2 fully saturated rings. The maximum atomic E-state index is 14.8.